The van der Waals surface area contributed by atoms with E-state index in [4.69, 9.17) is 0 Å². The Kier molecular flexibility index (Phi) is 5.20. The summed E-state index contributed by atoms with van der Waals surface area (Å²) < 4.78 is 14.1. The maximum atomic E-state index is 14.1. The van der Waals surface area contributed by atoms with Crippen LogP contribution in [0.2, 0.25) is 0 Å². The van der Waals surface area contributed by atoms with Crippen LogP contribution < -0.4 is 10.2 Å². The van der Waals surface area contributed by atoms with Gasteiger partial charge in [-0.2, -0.15) is 0 Å². The highest BCUT2D eigenvalue weighted by Crippen LogP contribution is 2.39. The number of carbonyl (C=O) groups excluding carboxylic acids is 1. The Bertz CT molecular complexity index is 836. The fourth-order valence-electron chi connectivity index (χ4n) is 3.56. The number of urea groups is 1. The van der Waals surface area contributed by atoms with Crippen molar-refractivity contribution >= 4 is 11.7 Å². The van der Waals surface area contributed by atoms with E-state index in [2.05, 4.69) is 15.2 Å². The monoisotopic (exact) mass is 370 g/mol. The molecule has 1 atom stereocenters. The molecule has 1 aliphatic rings. The summed E-state index contributed by atoms with van der Waals surface area (Å²) in [5.74, 6) is -0.389. The molecule has 1 aromatic heterocycles. The van der Waals surface area contributed by atoms with E-state index in [9.17, 15) is 9.18 Å². The number of halogens is 1. The van der Waals surface area contributed by atoms with Crippen LogP contribution in [0.25, 0.3) is 0 Å². The number of pyridine rings is 1. The van der Waals surface area contributed by atoms with Gasteiger partial charge in [0.1, 0.15) is 5.82 Å². The third-order valence-corrected chi connectivity index (χ3v) is 5.12. The van der Waals surface area contributed by atoms with Gasteiger partial charge in [0.25, 0.3) is 0 Å². The normalized spacial score (nSPS) is 16.3. The molecular weight excluding hydrogens is 343 g/mol. The first kappa shape index (κ1) is 19.3. The van der Waals surface area contributed by atoms with Crippen LogP contribution in [0, 0.1) is 12.7 Å². The van der Waals surface area contributed by atoms with Crippen molar-refractivity contribution < 1.29 is 9.18 Å². The fraction of sp³-hybridized carbons (Fsp3) is 0.429. The summed E-state index contributed by atoms with van der Waals surface area (Å²) in [4.78, 5) is 21.0. The van der Waals surface area contributed by atoms with Crippen LogP contribution in [0.3, 0.4) is 0 Å². The van der Waals surface area contributed by atoms with Gasteiger partial charge in [0.2, 0.25) is 0 Å². The van der Waals surface area contributed by atoms with Crippen LogP contribution >= 0.6 is 0 Å². The molecule has 0 radical (unpaired) electrons. The lowest BCUT2D eigenvalue weighted by Crippen LogP contribution is -2.44. The van der Waals surface area contributed by atoms with Gasteiger partial charge in [-0.25, -0.2) is 9.18 Å². The molecule has 0 saturated heterocycles. The standard InChI is InChI=1S/C21H27FN4O/c1-14-16(22)11-17-19(24-14)21(2,3)13-26(17)20(27)23-12-18(25(4)5)15-9-7-6-8-10-15/h6-11,18H,12-13H2,1-5H3,(H,23,27)/t18-/m0/s1. The highest BCUT2D eigenvalue weighted by molar-refractivity contribution is 5.94. The Morgan fingerprint density at radius 3 is 2.63 bits per heavy atom. The SMILES string of the molecule is Cc1nc2c(cc1F)N(C(=O)NC[C@@H](c1ccccc1)N(C)C)CC2(C)C. The molecule has 2 heterocycles. The van der Waals surface area contributed by atoms with Gasteiger partial charge in [-0.05, 0) is 26.6 Å². The zero-order chi connectivity index (χ0) is 19.8. The Balaban J connectivity index is 1.79. The van der Waals surface area contributed by atoms with Gasteiger partial charge in [0.05, 0.1) is 23.1 Å². The number of hydrogen-bond acceptors (Lipinski definition) is 3. The van der Waals surface area contributed by atoms with Crippen molar-refractivity contribution in [2.45, 2.75) is 32.2 Å². The molecule has 2 aromatic rings. The first-order valence-corrected chi connectivity index (χ1v) is 9.15. The third kappa shape index (κ3) is 3.81. The smallest absolute Gasteiger partial charge is 0.322 e. The topological polar surface area (TPSA) is 48.5 Å². The molecule has 1 aliphatic heterocycles. The van der Waals surface area contributed by atoms with Gasteiger partial charge in [0, 0.05) is 24.6 Å². The van der Waals surface area contributed by atoms with Crippen LogP contribution in [0.5, 0.6) is 0 Å². The fourth-order valence-corrected chi connectivity index (χ4v) is 3.56. The Labute approximate surface area is 160 Å². The molecule has 144 valence electrons. The zero-order valence-electron chi connectivity index (χ0n) is 16.6. The second kappa shape index (κ2) is 7.27. The molecule has 0 saturated carbocycles. The molecule has 0 bridgehead atoms. The van der Waals surface area contributed by atoms with E-state index in [1.54, 1.807) is 11.8 Å². The number of rotatable bonds is 4. The van der Waals surface area contributed by atoms with Crippen molar-refractivity contribution in [2.75, 3.05) is 32.1 Å². The van der Waals surface area contributed by atoms with Gasteiger partial charge in [0.15, 0.2) is 0 Å². The van der Waals surface area contributed by atoms with E-state index >= 15 is 0 Å². The van der Waals surface area contributed by atoms with E-state index in [1.807, 2.05) is 58.3 Å². The average Bonchev–Trinajstić information content (AvgIpc) is 2.87. The quantitative estimate of drug-likeness (QED) is 0.894. The number of carbonyl (C=O) groups is 1. The van der Waals surface area contributed by atoms with E-state index in [0.29, 0.717) is 24.5 Å². The first-order valence-electron chi connectivity index (χ1n) is 9.15. The second-order valence-corrected chi connectivity index (χ2v) is 7.97. The molecule has 27 heavy (non-hydrogen) atoms. The van der Waals surface area contributed by atoms with Crippen LogP contribution in [0.4, 0.5) is 14.9 Å². The van der Waals surface area contributed by atoms with Crippen molar-refractivity contribution in [3.05, 3.63) is 59.2 Å². The van der Waals surface area contributed by atoms with Crippen molar-refractivity contribution in [1.29, 1.82) is 0 Å². The van der Waals surface area contributed by atoms with E-state index < -0.39 is 0 Å². The van der Waals surface area contributed by atoms with Gasteiger partial charge in [-0.3, -0.25) is 9.88 Å². The summed E-state index contributed by atoms with van der Waals surface area (Å²) in [5.41, 5.74) is 2.51. The summed E-state index contributed by atoms with van der Waals surface area (Å²) in [6.07, 6.45) is 0. The molecular formula is C21H27FN4O. The number of nitrogens with one attached hydrogen (secondary N) is 1. The maximum absolute atomic E-state index is 14.1. The summed E-state index contributed by atoms with van der Waals surface area (Å²) in [6.45, 7) is 6.63. The molecule has 0 aliphatic carbocycles. The lowest BCUT2D eigenvalue weighted by Gasteiger charge is -2.27. The third-order valence-electron chi connectivity index (χ3n) is 5.12. The minimum absolute atomic E-state index is 0.0538. The average molecular weight is 370 g/mol. The largest absolute Gasteiger partial charge is 0.336 e. The predicted octanol–water partition coefficient (Wildman–Crippen LogP) is 3.64. The highest BCUT2D eigenvalue weighted by Gasteiger charge is 2.40. The van der Waals surface area contributed by atoms with Crippen LogP contribution in [-0.4, -0.2) is 43.1 Å². The maximum Gasteiger partial charge on any atom is 0.322 e. The van der Waals surface area contributed by atoms with Gasteiger partial charge >= 0.3 is 6.03 Å². The molecule has 1 N–H and O–H groups in total. The zero-order valence-corrected chi connectivity index (χ0v) is 16.6. The van der Waals surface area contributed by atoms with Crippen molar-refractivity contribution in [3.8, 4) is 0 Å². The highest BCUT2D eigenvalue weighted by atomic mass is 19.1. The minimum Gasteiger partial charge on any atom is -0.336 e. The lowest BCUT2D eigenvalue weighted by molar-refractivity contribution is 0.237. The van der Waals surface area contributed by atoms with Crippen molar-refractivity contribution in [1.82, 2.24) is 15.2 Å². The Morgan fingerprint density at radius 2 is 2.00 bits per heavy atom. The minimum atomic E-state index is -0.389. The number of aryl methyl sites for hydroxylation is 1. The van der Waals surface area contributed by atoms with Gasteiger partial charge in [-0.1, -0.05) is 44.2 Å². The molecule has 5 nitrogen and oxygen atoms in total. The number of likely N-dealkylation sites (N-methyl/N-ethyl adjacent to an activating group) is 1. The molecule has 0 fully saturated rings. The number of amides is 2. The predicted molar refractivity (Wildman–Crippen MR) is 106 cm³/mol. The Morgan fingerprint density at radius 1 is 1.33 bits per heavy atom. The lowest BCUT2D eigenvalue weighted by atomic mass is 9.91. The molecule has 6 heteroatoms. The van der Waals surface area contributed by atoms with Crippen molar-refractivity contribution in [3.63, 3.8) is 0 Å². The number of aromatic nitrogens is 1. The summed E-state index contributed by atoms with van der Waals surface area (Å²) in [7, 11) is 3.97. The number of nitrogens with zero attached hydrogens (tertiary/aromatic N) is 3. The van der Waals surface area contributed by atoms with E-state index in [-0.39, 0.29) is 23.3 Å². The number of benzene rings is 1. The summed E-state index contributed by atoms with van der Waals surface area (Å²) in [6, 6.07) is 11.3. The van der Waals surface area contributed by atoms with Gasteiger partial charge < -0.3 is 10.2 Å². The molecule has 0 spiro atoms. The second-order valence-electron chi connectivity index (χ2n) is 7.97. The number of anilines is 1. The Hall–Kier alpha value is -2.47. The molecule has 0 unspecified atom stereocenters. The van der Waals surface area contributed by atoms with Gasteiger partial charge in [-0.15, -0.1) is 0 Å². The molecule has 3 rings (SSSR count). The summed E-state index contributed by atoms with van der Waals surface area (Å²) >= 11 is 0. The van der Waals surface area contributed by atoms with E-state index in [0.717, 1.165) is 11.3 Å². The molecule has 1 aromatic carbocycles. The van der Waals surface area contributed by atoms with Crippen molar-refractivity contribution in [2.24, 2.45) is 0 Å². The van der Waals surface area contributed by atoms with Crippen LogP contribution in [0.15, 0.2) is 36.4 Å². The van der Waals surface area contributed by atoms with E-state index in [1.165, 1.54) is 6.07 Å². The first-order chi connectivity index (χ1) is 12.7. The number of fused-ring (bicyclic) bond motifs is 1. The van der Waals surface area contributed by atoms with Crippen LogP contribution in [0.1, 0.15) is 36.8 Å². The summed E-state index contributed by atoms with van der Waals surface area (Å²) in [5, 5.41) is 3.01. The molecule has 2 amide bonds. The van der Waals surface area contributed by atoms with Crippen LogP contribution in [-0.2, 0) is 5.41 Å². The number of hydrogen-bond donors (Lipinski definition) is 1.